The molecule has 0 saturated carbocycles. The quantitative estimate of drug-likeness (QED) is 0.326. The summed E-state index contributed by atoms with van der Waals surface area (Å²) in [5, 5.41) is 3.49. The molecule has 0 radical (unpaired) electrons. The number of ether oxygens (including phenoxy) is 3. The summed E-state index contributed by atoms with van der Waals surface area (Å²) in [7, 11) is 0. The highest BCUT2D eigenvalue weighted by molar-refractivity contribution is 5.67. The summed E-state index contributed by atoms with van der Waals surface area (Å²) in [6, 6.07) is 0. The van der Waals surface area contributed by atoms with Crippen molar-refractivity contribution in [1.29, 1.82) is 0 Å². The van der Waals surface area contributed by atoms with Gasteiger partial charge in [-0.15, -0.1) is 0 Å². The maximum Gasteiger partial charge on any atom is 0.305 e. The van der Waals surface area contributed by atoms with E-state index in [1.54, 1.807) is 0 Å². The molecule has 0 amide bonds. The van der Waals surface area contributed by atoms with Crippen molar-refractivity contribution in [2.75, 3.05) is 6.54 Å². The Hall–Kier alpha value is -1.79. The SMILES string of the molecule is CC[C@H]1OC(OC(C)=O)[C@H](OC(C)=O)[C@@H]1CN=[N+]=[N-]. The van der Waals surface area contributed by atoms with Gasteiger partial charge in [0.1, 0.15) is 0 Å². The summed E-state index contributed by atoms with van der Waals surface area (Å²) in [6.45, 7) is 4.50. The van der Waals surface area contributed by atoms with Crippen molar-refractivity contribution in [2.24, 2.45) is 11.0 Å². The summed E-state index contributed by atoms with van der Waals surface area (Å²) in [5.74, 6) is -1.36. The standard InChI is InChI=1S/C11H17N3O5/c1-4-9-8(5-13-14-12)10(17-6(2)15)11(19-9)18-7(3)16/h8-11H,4-5H2,1-3H3/t8-,9-,10-,11?/m1/s1. The van der Waals surface area contributed by atoms with E-state index in [1.807, 2.05) is 6.92 Å². The van der Waals surface area contributed by atoms with Gasteiger partial charge in [0.25, 0.3) is 0 Å². The summed E-state index contributed by atoms with van der Waals surface area (Å²) in [4.78, 5) is 24.8. The van der Waals surface area contributed by atoms with Crippen molar-refractivity contribution >= 4 is 11.9 Å². The van der Waals surface area contributed by atoms with Gasteiger partial charge in [0, 0.05) is 31.2 Å². The van der Waals surface area contributed by atoms with Crippen LogP contribution in [0, 0.1) is 5.92 Å². The van der Waals surface area contributed by atoms with Crippen LogP contribution in [0.25, 0.3) is 10.4 Å². The molecule has 19 heavy (non-hydrogen) atoms. The Morgan fingerprint density at radius 2 is 1.95 bits per heavy atom. The fourth-order valence-electron chi connectivity index (χ4n) is 2.11. The fourth-order valence-corrected chi connectivity index (χ4v) is 2.11. The molecule has 0 aromatic rings. The molecule has 1 unspecified atom stereocenters. The van der Waals surface area contributed by atoms with Gasteiger partial charge in [-0.25, -0.2) is 0 Å². The zero-order chi connectivity index (χ0) is 14.4. The number of rotatable bonds is 5. The Labute approximate surface area is 110 Å². The number of azide groups is 1. The van der Waals surface area contributed by atoms with Gasteiger partial charge >= 0.3 is 11.9 Å². The van der Waals surface area contributed by atoms with Crippen LogP contribution < -0.4 is 0 Å². The highest BCUT2D eigenvalue weighted by Crippen LogP contribution is 2.32. The van der Waals surface area contributed by atoms with Gasteiger partial charge < -0.3 is 14.2 Å². The molecule has 106 valence electrons. The van der Waals surface area contributed by atoms with Crippen molar-refractivity contribution in [3.63, 3.8) is 0 Å². The van der Waals surface area contributed by atoms with E-state index < -0.39 is 24.3 Å². The minimum absolute atomic E-state index is 0.116. The first-order chi connectivity index (χ1) is 8.99. The third kappa shape index (κ3) is 4.11. The zero-order valence-corrected chi connectivity index (χ0v) is 11.1. The monoisotopic (exact) mass is 271 g/mol. The van der Waals surface area contributed by atoms with Gasteiger partial charge in [0.15, 0.2) is 6.10 Å². The first kappa shape index (κ1) is 15.3. The highest BCUT2D eigenvalue weighted by atomic mass is 16.7. The van der Waals surface area contributed by atoms with Gasteiger partial charge in [-0.2, -0.15) is 0 Å². The van der Waals surface area contributed by atoms with Gasteiger partial charge in [0.05, 0.1) is 6.10 Å². The van der Waals surface area contributed by atoms with E-state index in [0.717, 1.165) is 0 Å². The van der Waals surface area contributed by atoms with E-state index >= 15 is 0 Å². The Morgan fingerprint density at radius 3 is 2.42 bits per heavy atom. The number of carbonyl (C=O) groups is 2. The van der Waals surface area contributed by atoms with Gasteiger partial charge in [-0.3, -0.25) is 9.59 Å². The predicted octanol–water partition coefficient (Wildman–Crippen LogP) is 1.54. The van der Waals surface area contributed by atoms with Crippen LogP contribution in [0.4, 0.5) is 0 Å². The van der Waals surface area contributed by atoms with Crippen molar-refractivity contribution in [1.82, 2.24) is 0 Å². The Bertz CT molecular complexity index is 394. The number of esters is 2. The van der Waals surface area contributed by atoms with E-state index in [1.165, 1.54) is 13.8 Å². The molecule has 0 aliphatic carbocycles. The summed E-state index contributed by atoms with van der Waals surface area (Å²) < 4.78 is 15.7. The molecule has 0 bridgehead atoms. The molecule has 8 heteroatoms. The Morgan fingerprint density at radius 1 is 1.32 bits per heavy atom. The first-order valence-electron chi connectivity index (χ1n) is 6.00. The maximum absolute atomic E-state index is 11.1. The maximum atomic E-state index is 11.1. The predicted molar refractivity (Wildman–Crippen MR) is 63.8 cm³/mol. The molecule has 0 aromatic carbocycles. The lowest BCUT2D eigenvalue weighted by Crippen LogP contribution is -2.36. The molecule has 0 aromatic heterocycles. The van der Waals surface area contributed by atoms with Crippen LogP contribution >= 0.6 is 0 Å². The van der Waals surface area contributed by atoms with E-state index in [4.69, 9.17) is 19.7 Å². The third-order valence-electron chi connectivity index (χ3n) is 2.82. The van der Waals surface area contributed by atoms with E-state index in [0.29, 0.717) is 6.42 Å². The molecule has 8 nitrogen and oxygen atoms in total. The number of nitrogens with zero attached hydrogens (tertiary/aromatic N) is 3. The molecule has 1 rings (SSSR count). The lowest BCUT2D eigenvalue weighted by Gasteiger charge is -2.21. The van der Waals surface area contributed by atoms with Crippen LogP contribution in [0.1, 0.15) is 27.2 Å². The average molecular weight is 271 g/mol. The second kappa shape index (κ2) is 6.96. The summed E-state index contributed by atoms with van der Waals surface area (Å²) in [6.07, 6.45) is -1.37. The normalized spacial score (nSPS) is 29.4. The minimum Gasteiger partial charge on any atom is -0.455 e. The van der Waals surface area contributed by atoms with Crippen molar-refractivity contribution in [2.45, 2.75) is 45.7 Å². The van der Waals surface area contributed by atoms with Crippen LogP contribution in [0.15, 0.2) is 5.11 Å². The van der Waals surface area contributed by atoms with Crippen molar-refractivity contribution in [3.8, 4) is 0 Å². The van der Waals surface area contributed by atoms with Gasteiger partial charge in [0.2, 0.25) is 6.29 Å². The molecular weight excluding hydrogens is 254 g/mol. The van der Waals surface area contributed by atoms with Gasteiger partial charge in [-0.1, -0.05) is 12.0 Å². The van der Waals surface area contributed by atoms with E-state index in [2.05, 4.69) is 10.0 Å². The second-order valence-corrected chi connectivity index (χ2v) is 4.21. The number of hydrogen-bond donors (Lipinski definition) is 0. The Kier molecular flexibility index (Phi) is 5.59. The second-order valence-electron chi connectivity index (χ2n) is 4.21. The lowest BCUT2D eigenvalue weighted by molar-refractivity contribution is -0.194. The van der Waals surface area contributed by atoms with Crippen molar-refractivity contribution in [3.05, 3.63) is 10.4 Å². The van der Waals surface area contributed by atoms with Crippen LogP contribution in [0.2, 0.25) is 0 Å². The lowest BCUT2D eigenvalue weighted by atomic mass is 9.97. The van der Waals surface area contributed by atoms with E-state index in [-0.39, 0.29) is 18.6 Å². The topological polar surface area (TPSA) is 111 Å². The fraction of sp³-hybridized carbons (Fsp3) is 0.818. The molecule has 4 atom stereocenters. The highest BCUT2D eigenvalue weighted by Gasteiger charge is 2.47. The molecule has 1 aliphatic heterocycles. The minimum atomic E-state index is -0.953. The largest absolute Gasteiger partial charge is 0.455 e. The third-order valence-corrected chi connectivity index (χ3v) is 2.82. The summed E-state index contributed by atoms with van der Waals surface area (Å²) in [5.41, 5.74) is 8.39. The molecule has 1 fully saturated rings. The molecule has 1 saturated heterocycles. The summed E-state index contributed by atoms with van der Waals surface area (Å²) >= 11 is 0. The molecule has 0 N–H and O–H groups in total. The average Bonchev–Trinajstić information content (AvgIpc) is 2.63. The Balaban J connectivity index is 2.89. The van der Waals surface area contributed by atoms with Crippen LogP contribution in [-0.4, -0.2) is 37.0 Å². The van der Waals surface area contributed by atoms with Crippen LogP contribution in [0.3, 0.4) is 0 Å². The van der Waals surface area contributed by atoms with Crippen LogP contribution in [-0.2, 0) is 23.8 Å². The molecule has 0 spiro atoms. The number of hydrogen-bond acceptors (Lipinski definition) is 6. The van der Waals surface area contributed by atoms with Gasteiger partial charge in [-0.05, 0) is 12.0 Å². The smallest absolute Gasteiger partial charge is 0.305 e. The first-order valence-corrected chi connectivity index (χ1v) is 6.00. The number of carbonyl (C=O) groups excluding carboxylic acids is 2. The molecule has 1 heterocycles. The molecular formula is C11H17N3O5. The van der Waals surface area contributed by atoms with Crippen LogP contribution in [0.5, 0.6) is 0 Å². The van der Waals surface area contributed by atoms with Crippen molar-refractivity contribution < 1.29 is 23.8 Å². The van der Waals surface area contributed by atoms with E-state index in [9.17, 15) is 9.59 Å². The zero-order valence-electron chi connectivity index (χ0n) is 11.1. The molecule has 1 aliphatic rings.